The van der Waals surface area contributed by atoms with Crippen LogP contribution in [0, 0.1) is 0 Å². The summed E-state index contributed by atoms with van der Waals surface area (Å²) in [5.41, 5.74) is 0. The van der Waals surface area contributed by atoms with Crippen LogP contribution in [0.15, 0.2) is 16.6 Å². The number of nitrogens with zero attached hydrogens (tertiary/aromatic N) is 2. The number of aromatic nitrogens is 1. The summed E-state index contributed by atoms with van der Waals surface area (Å²) in [4.78, 5) is 25.6. The summed E-state index contributed by atoms with van der Waals surface area (Å²) in [6, 6.07) is 0. The van der Waals surface area contributed by atoms with Crippen molar-refractivity contribution in [1.82, 2.24) is 15.4 Å². The second kappa shape index (κ2) is 7.75. The maximum Gasteiger partial charge on any atom is 0.429 e. The van der Waals surface area contributed by atoms with Crippen LogP contribution >= 0.6 is 30.8 Å². The molecule has 0 spiro atoms. The lowest BCUT2D eigenvalue weighted by atomic mass is 10.8. The SMILES string of the molecule is CN/C(=N/CCSCc1nccs1)NP(=O)(O)O. The molecule has 4 N–H and O–H groups in total. The molecular weight excluding hydrogens is 295 g/mol. The van der Waals surface area contributed by atoms with E-state index in [9.17, 15) is 4.57 Å². The number of hydrogen-bond donors (Lipinski definition) is 4. The highest BCUT2D eigenvalue weighted by Crippen LogP contribution is 2.27. The minimum atomic E-state index is -4.29. The summed E-state index contributed by atoms with van der Waals surface area (Å²) in [5.74, 6) is 1.68. The largest absolute Gasteiger partial charge is 0.429 e. The molecule has 1 heterocycles. The van der Waals surface area contributed by atoms with Gasteiger partial charge in [-0.25, -0.2) is 9.55 Å². The number of guanidine groups is 1. The van der Waals surface area contributed by atoms with Crippen LogP contribution in [0.4, 0.5) is 0 Å². The lowest BCUT2D eigenvalue weighted by Gasteiger charge is -2.09. The van der Waals surface area contributed by atoms with Gasteiger partial charge in [-0.2, -0.15) is 11.8 Å². The quantitative estimate of drug-likeness (QED) is 0.264. The van der Waals surface area contributed by atoms with Gasteiger partial charge in [-0.05, 0) is 0 Å². The molecule has 0 atom stereocenters. The van der Waals surface area contributed by atoms with Gasteiger partial charge in [0.05, 0.1) is 6.54 Å². The van der Waals surface area contributed by atoms with Crippen LogP contribution in [0.5, 0.6) is 0 Å². The molecule has 7 nitrogen and oxygen atoms in total. The van der Waals surface area contributed by atoms with E-state index in [1.54, 1.807) is 36.3 Å². The van der Waals surface area contributed by atoms with Crippen LogP contribution < -0.4 is 10.4 Å². The van der Waals surface area contributed by atoms with E-state index in [0.29, 0.717) is 6.54 Å². The van der Waals surface area contributed by atoms with Crippen LogP contribution in [0.3, 0.4) is 0 Å². The summed E-state index contributed by atoms with van der Waals surface area (Å²) < 4.78 is 10.7. The zero-order chi connectivity index (χ0) is 13.4. The van der Waals surface area contributed by atoms with Gasteiger partial charge in [0, 0.05) is 30.1 Å². The Morgan fingerprint density at radius 1 is 1.67 bits per heavy atom. The summed E-state index contributed by atoms with van der Waals surface area (Å²) in [6.07, 6.45) is 1.77. The molecule has 0 aromatic carbocycles. The fourth-order valence-corrected chi connectivity index (χ4v) is 3.01. The predicted molar refractivity (Wildman–Crippen MR) is 74.8 cm³/mol. The van der Waals surface area contributed by atoms with Crippen LogP contribution in [-0.4, -0.2) is 40.1 Å². The molecule has 0 saturated heterocycles. The highest BCUT2D eigenvalue weighted by Gasteiger charge is 2.13. The summed E-state index contributed by atoms with van der Waals surface area (Å²) in [6.45, 7) is 0.471. The Kier molecular flexibility index (Phi) is 6.66. The van der Waals surface area contributed by atoms with Gasteiger partial charge in [0.2, 0.25) is 0 Å². The third kappa shape index (κ3) is 6.97. The fourth-order valence-electron chi connectivity index (χ4n) is 1.01. The second-order valence-corrected chi connectivity index (χ2v) is 6.51. The molecule has 0 aliphatic carbocycles. The summed E-state index contributed by atoms with van der Waals surface area (Å²) >= 11 is 3.28. The van der Waals surface area contributed by atoms with Crippen molar-refractivity contribution in [3.63, 3.8) is 0 Å². The molecule has 1 aromatic rings. The summed E-state index contributed by atoms with van der Waals surface area (Å²) in [7, 11) is -2.75. The first-order chi connectivity index (χ1) is 8.51. The Hall–Kier alpha value is -0.600. The molecule has 0 amide bonds. The van der Waals surface area contributed by atoms with Gasteiger partial charge in [0.15, 0.2) is 5.96 Å². The van der Waals surface area contributed by atoms with Gasteiger partial charge in [-0.1, -0.05) is 0 Å². The molecule has 1 rings (SSSR count). The highest BCUT2D eigenvalue weighted by atomic mass is 32.2. The van der Waals surface area contributed by atoms with Gasteiger partial charge in [0.25, 0.3) is 0 Å². The van der Waals surface area contributed by atoms with Crippen LogP contribution in [0.25, 0.3) is 0 Å². The van der Waals surface area contributed by atoms with E-state index in [2.05, 4.69) is 15.3 Å². The van der Waals surface area contributed by atoms with Crippen molar-refractivity contribution in [3.05, 3.63) is 16.6 Å². The minimum Gasteiger partial charge on any atom is -0.359 e. The van der Waals surface area contributed by atoms with Crippen molar-refractivity contribution >= 4 is 36.8 Å². The van der Waals surface area contributed by atoms with Crippen molar-refractivity contribution in [2.75, 3.05) is 19.3 Å². The average Bonchev–Trinajstić information content (AvgIpc) is 2.78. The van der Waals surface area contributed by atoms with E-state index in [0.717, 1.165) is 16.5 Å². The number of aliphatic imine (C=N–C) groups is 1. The van der Waals surface area contributed by atoms with Gasteiger partial charge in [0.1, 0.15) is 5.01 Å². The zero-order valence-corrected chi connectivity index (χ0v) is 12.3. The monoisotopic (exact) mass is 310 g/mol. The normalized spacial score (nSPS) is 12.5. The van der Waals surface area contributed by atoms with E-state index >= 15 is 0 Å². The zero-order valence-electron chi connectivity index (χ0n) is 9.74. The van der Waals surface area contributed by atoms with Gasteiger partial charge in [-0.15, -0.1) is 11.3 Å². The van der Waals surface area contributed by atoms with E-state index in [1.165, 1.54) is 0 Å². The van der Waals surface area contributed by atoms with Crippen molar-refractivity contribution in [2.45, 2.75) is 5.75 Å². The first kappa shape index (κ1) is 15.5. The molecule has 10 heteroatoms. The third-order valence-electron chi connectivity index (χ3n) is 1.70. The van der Waals surface area contributed by atoms with Gasteiger partial charge < -0.3 is 15.1 Å². The molecule has 102 valence electrons. The molecule has 0 aliphatic heterocycles. The molecular formula is C8H15N4O3PS2. The number of hydrogen-bond acceptors (Lipinski definition) is 5. The van der Waals surface area contributed by atoms with Crippen LogP contribution in [0.2, 0.25) is 0 Å². The number of nitrogens with one attached hydrogen (secondary N) is 2. The maximum atomic E-state index is 10.7. The predicted octanol–water partition coefficient (Wildman–Crippen LogP) is 0.634. The van der Waals surface area contributed by atoms with Crippen LogP contribution in [0.1, 0.15) is 5.01 Å². The van der Waals surface area contributed by atoms with E-state index in [1.807, 2.05) is 10.5 Å². The number of thioether (sulfide) groups is 1. The number of rotatable bonds is 6. The molecule has 0 radical (unpaired) electrons. The van der Waals surface area contributed by atoms with Crippen LogP contribution in [-0.2, 0) is 10.3 Å². The van der Waals surface area contributed by atoms with E-state index < -0.39 is 7.75 Å². The molecule has 0 saturated carbocycles. The van der Waals surface area contributed by atoms with Gasteiger partial charge >= 0.3 is 7.75 Å². The van der Waals surface area contributed by atoms with Crippen molar-refractivity contribution in [1.29, 1.82) is 0 Å². The first-order valence-corrected chi connectivity index (χ1v) is 8.68. The molecule has 1 aromatic heterocycles. The molecule has 0 aliphatic rings. The highest BCUT2D eigenvalue weighted by molar-refractivity contribution is 7.98. The molecule has 0 unspecified atom stereocenters. The second-order valence-electron chi connectivity index (χ2n) is 3.11. The Balaban J connectivity index is 2.23. The Morgan fingerprint density at radius 2 is 2.44 bits per heavy atom. The number of thiazole rings is 1. The smallest absolute Gasteiger partial charge is 0.359 e. The fraction of sp³-hybridized carbons (Fsp3) is 0.500. The molecule has 0 bridgehead atoms. The van der Waals surface area contributed by atoms with Crippen molar-refractivity contribution in [3.8, 4) is 0 Å². The third-order valence-corrected chi connectivity index (χ3v) is 4.12. The Bertz CT molecular complexity index is 420. The average molecular weight is 310 g/mol. The standard InChI is InChI=1S/C8H15N4O3PS2/c1-9-8(12-16(13,14)15)11-2-4-17-6-7-10-3-5-18-7/h3,5H,2,4,6H2,1H3,(H4,9,11,12,13,14,15). The van der Waals surface area contributed by atoms with Crippen molar-refractivity contribution in [2.24, 2.45) is 4.99 Å². The minimum absolute atomic E-state index is 0.0955. The lowest BCUT2D eigenvalue weighted by molar-refractivity contribution is 0.367. The summed E-state index contributed by atoms with van der Waals surface area (Å²) in [5, 5.41) is 7.58. The maximum absolute atomic E-state index is 10.7. The molecule has 0 fully saturated rings. The Labute approximate surface area is 113 Å². The first-order valence-electron chi connectivity index (χ1n) is 5.03. The van der Waals surface area contributed by atoms with E-state index in [4.69, 9.17) is 9.79 Å². The molecule has 18 heavy (non-hydrogen) atoms. The Morgan fingerprint density at radius 3 is 3.00 bits per heavy atom. The van der Waals surface area contributed by atoms with Crippen molar-refractivity contribution < 1.29 is 14.4 Å². The lowest BCUT2D eigenvalue weighted by Crippen LogP contribution is -2.32. The van der Waals surface area contributed by atoms with Gasteiger partial charge in [-0.3, -0.25) is 10.1 Å². The topological polar surface area (TPSA) is 107 Å². The van der Waals surface area contributed by atoms with E-state index in [-0.39, 0.29) is 5.96 Å².